The van der Waals surface area contributed by atoms with Gasteiger partial charge >= 0.3 is 0 Å². The molecule has 0 fully saturated rings. The molecule has 10 rings (SSSR count). The molecular weight excluding hydrogens is 567 g/mol. The Morgan fingerprint density at radius 1 is 0.778 bits per heavy atom. The third kappa shape index (κ3) is 3.40. The van der Waals surface area contributed by atoms with Crippen LogP contribution < -0.4 is 4.90 Å². The Balaban J connectivity index is 1.38. The maximum absolute atomic E-state index is 5.52. The van der Waals surface area contributed by atoms with E-state index in [1.807, 2.05) is 11.3 Å². The van der Waals surface area contributed by atoms with Crippen molar-refractivity contribution in [2.45, 2.75) is 31.6 Å². The molecule has 4 heteroatoms. The molecule has 0 N–H and O–H groups in total. The zero-order valence-corrected chi connectivity index (χ0v) is 25.7. The lowest BCUT2D eigenvalue weighted by molar-refractivity contribution is 0.580. The van der Waals surface area contributed by atoms with Gasteiger partial charge in [0, 0.05) is 43.1 Å². The van der Waals surface area contributed by atoms with E-state index in [9.17, 15) is 0 Å². The summed E-state index contributed by atoms with van der Waals surface area (Å²) in [7, 11) is 0. The van der Waals surface area contributed by atoms with Gasteiger partial charge in [-0.15, -0.1) is 11.3 Å². The summed E-state index contributed by atoms with van der Waals surface area (Å²) in [6.45, 7) is 2.41. The highest BCUT2D eigenvalue weighted by molar-refractivity contribution is 7.26. The number of hydrogen-bond donors (Lipinski definition) is 0. The van der Waals surface area contributed by atoms with Crippen LogP contribution in [-0.2, 0) is 11.8 Å². The summed E-state index contributed by atoms with van der Waals surface area (Å²) in [6.07, 6.45) is 14.4. The number of aromatic nitrogens is 2. The first kappa shape index (κ1) is 25.3. The Kier molecular flexibility index (Phi) is 5.18. The van der Waals surface area contributed by atoms with Crippen molar-refractivity contribution in [2.24, 2.45) is 0 Å². The number of rotatable bonds is 2. The molecule has 1 atom stereocenters. The fraction of sp³-hybridized carbons (Fsp3) is 0.122. The number of hydrogen-bond acceptors (Lipinski definition) is 4. The highest BCUT2D eigenvalue weighted by atomic mass is 32.1. The van der Waals surface area contributed by atoms with Crippen molar-refractivity contribution in [1.29, 1.82) is 0 Å². The number of nitrogens with zero attached hydrogens (tertiary/aromatic N) is 3. The van der Waals surface area contributed by atoms with Crippen LogP contribution in [0, 0.1) is 0 Å². The Hall–Kier alpha value is -5.06. The van der Waals surface area contributed by atoms with Crippen LogP contribution in [0.1, 0.15) is 36.5 Å². The first-order chi connectivity index (χ1) is 22.2. The molecule has 1 aliphatic heterocycles. The van der Waals surface area contributed by atoms with Crippen molar-refractivity contribution >= 4 is 70.9 Å². The van der Waals surface area contributed by atoms with E-state index >= 15 is 0 Å². The molecule has 2 aromatic heterocycles. The Bertz CT molecular complexity index is 2480. The van der Waals surface area contributed by atoms with E-state index < -0.39 is 0 Å². The van der Waals surface area contributed by atoms with Crippen LogP contribution >= 0.6 is 11.3 Å². The molecule has 2 aliphatic carbocycles. The van der Waals surface area contributed by atoms with Gasteiger partial charge in [-0.2, -0.15) is 0 Å². The fourth-order valence-electron chi connectivity index (χ4n) is 8.05. The molecule has 0 bridgehead atoms. The van der Waals surface area contributed by atoms with E-state index in [2.05, 4.69) is 133 Å². The van der Waals surface area contributed by atoms with Crippen molar-refractivity contribution in [3.63, 3.8) is 0 Å². The molecule has 0 radical (unpaired) electrons. The van der Waals surface area contributed by atoms with Crippen molar-refractivity contribution in [3.05, 3.63) is 138 Å². The van der Waals surface area contributed by atoms with Crippen LogP contribution in [0.25, 0.3) is 59.2 Å². The lowest BCUT2D eigenvalue weighted by atomic mass is 9.74. The van der Waals surface area contributed by atoms with E-state index in [4.69, 9.17) is 9.97 Å². The van der Waals surface area contributed by atoms with Crippen LogP contribution in [0.4, 0.5) is 11.6 Å². The third-order valence-electron chi connectivity index (χ3n) is 10.1. The summed E-state index contributed by atoms with van der Waals surface area (Å²) in [4.78, 5) is 13.4. The number of thiophene rings is 1. The van der Waals surface area contributed by atoms with Gasteiger partial charge in [-0.05, 0) is 60.2 Å². The van der Waals surface area contributed by atoms with Gasteiger partial charge in [0.2, 0.25) is 5.95 Å². The summed E-state index contributed by atoms with van der Waals surface area (Å²) in [5.74, 6) is 0.745. The molecular formula is C41H29N3S. The van der Waals surface area contributed by atoms with Crippen LogP contribution in [-0.4, -0.2) is 9.97 Å². The van der Waals surface area contributed by atoms with Crippen molar-refractivity contribution in [3.8, 4) is 11.3 Å². The molecule has 0 saturated carbocycles. The molecule has 3 aliphatic rings. The van der Waals surface area contributed by atoms with E-state index in [0.29, 0.717) is 0 Å². The van der Waals surface area contributed by atoms with Crippen molar-refractivity contribution in [2.75, 3.05) is 4.90 Å². The molecule has 5 aromatic carbocycles. The molecule has 0 spiro atoms. The van der Waals surface area contributed by atoms with Crippen molar-refractivity contribution in [1.82, 2.24) is 9.97 Å². The summed E-state index contributed by atoms with van der Waals surface area (Å²) in [5.41, 5.74) is 9.35. The number of benzene rings is 5. The number of aryl methyl sites for hydroxylation is 1. The normalized spacial score (nSPS) is 18.5. The highest BCUT2D eigenvalue weighted by Gasteiger charge is 2.48. The molecule has 1 unspecified atom stereocenters. The summed E-state index contributed by atoms with van der Waals surface area (Å²) in [6, 6.07) is 33.0. The van der Waals surface area contributed by atoms with Gasteiger partial charge in [0.15, 0.2) is 0 Å². The number of anilines is 2. The molecule has 7 aromatic rings. The molecule has 214 valence electrons. The summed E-state index contributed by atoms with van der Waals surface area (Å²) >= 11 is 1.90. The largest absolute Gasteiger partial charge is 0.280 e. The van der Waals surface area contributed by atoms with Crippen molar-refractivity contribution < 1.29 is 0 Å². The Morgan fingerprint density at radius 3 is 2.47 bits per heavy atom. The first-order valence-corrected chi connectivity index (χ1v) is 16.6. The molecule has 45 heavy (non-hydrogen) atoms. The van der Waals surface area contributed by atoms with Gasteiger partial charge in [-0.3, -0.25) is 4.90 Å². The fourth-order valence-corrected chi connectivity index (χ4v) is 9.31. The van der Waals surface area contributed by atoms with E-state index in [0.717, 1.165) is 47.4 Å². The van der Waals surface area contributed by atoms with Crippen LogP contribution in [0.15, 0.2) is 121 Å². The van der Waals surface area contributed by atoms with Gasteiger partial charge < -0.3 is 0 Å². The lowest BCUT2D eigenvalue weighted by Gasteiger charge is -2.31. The Morgan fingerprint density at radius 2 is 1.58 bits per heavy atom. The van der Waals surface area contributed by atoms with Gasteiger partial charge in [0.05, 0.1) is 21.6 Å². The van der Waals surface area contributed by atoms with Gasteiger partial charge in [0.25, 0.3) is 0 Å². The predicted molar refractivity (Wildman–Crippen MR) is 190 cm³/mol. The second-order valence-corrected chi connectivity index (χ2v) is 13.7. The standard InChI is InChI=1S/C41H29N3S/c1-41-24-12-11-21-33(41)44(38-35(41)29-18-8-7-17-28(29)34-30-19-9-10-20-32(30)45-39(34)38)40-42-36(26-14-3-2-4-15-26)31-23-22-25-13-5-6-16-27(25)37(31)43-40/h2-4,6-12,14-23H,5,13,24H2,1H3. The van der Waals surface area contributed by atoms with Gasteiger partial charge in [0.1, 0.15) is 0 Å². The third-order valence-corrected chi connectivity index (χ3v) is 11.3. The number of allylic oxidation sites excluding steroid dienone is 5. The van der Waals surface area contributed by atoms with E-state index in [1.54, 1.807) is 0 Å². The van der Waals surface area contributed by atoms with Gasteiger partial charge in [-0.25, -0.2) is 9.97 Å². The average molecular weight is 596 g/mol. The van der Waals surface area contributed by atoms with Crippen LogP contribution in [0.2, 0.25) is 0 Å². The minimum Gasteiger partial charge on any atom is -0.280 e. The molecule has 3 heterocycles. The maximum atomic E-state index is 5.52. The lowest BCUT2D eigenvalue weighted by Crippen LogP contribution is -2.28. The highest BCUT2D eigenvalue weighted by Crippen LogP contribution is 2.60. The average Bonchev–Trinajstić information content (AvgIpc) is 3.62. The number of fused-ring (bicyclic) bond motifs is 13. The minimum atomic E-state index is -0.213. The van der Waals surface area contributed by atoms with Gasteiger partial charge in [-0.1, -0.05) is 109 Å². The topological polar surface area (TPSA) is 29.0 Å². The smallest absolute Gasteiger partial charge is 0.235 e. The monoisotopic (exact) mass is 595 g/mol. The minimum absolute atomic E-state index is 0.213. The zero-order chi connectivity index (χ0) is 29.7. The van der Waals surface area contributed by atoms with Crippen LogP contribution in [0.5, 0.6) is 0 Å². The molecule has 0 amide bonds. The van der Waals surface area contributed by atoms with Crippen LogP contribution in [0.3, 0.4) is 0 Å². The maximum Gasteiger partial charge on any atom is 0.235 e. The first-order valence-electron chi connectivity index (χ1n) is 15.8. The zero-order valence-electron chi connectivity index (χ0n) is 24.9. The second kappa shape index (κ2) is 9.23. The molecule has 0 saturated heterocycles. The predicted octanol–water partition coefficient (Wildman–Crippen LogP) is 11.0. The van der Waals surface area contributed by atoms with E-state index in [-0.39, 0.29) is 5.41 Å². The quantitative estimate of drug-likeness (QED) is 0.199. The van der Waals surface area contributed by atoms with E-state index in [1.165, 1.54) is 59.0 Å². The Labute approximate surface area is 265 Å². The summed E-state index contributed by atoms with van der Waals surface area (Å²) in [5, 5.41) is 6.38. The SMILES string of the molecule is CC12CC=CC=C1N(c1nc(-c3ccccc3)c3ccc4c(c3n1)C=CCC4)c1c2c2ccccc2c2c1sc1ccccc12. The summed E-state index contributed by atoms with van der Waals surface area (Å²) < 4.78 is 2.61. The molecule has 3 nitrogen and oxygen atoms in total. The second-order valence-electron chi connectivity index (χ2n) is 12.6.